The van der Waals surface area contributed by atoms with Gasteiger partial charge in [-0.3, -0.25) is 4.67 Å². The molecule has 6 nitrogen and oxygen atoms in total. The van der Waals surface area contributed by atoms with Crippen LogP contribution in [0.25, 0.3) is 0 Å². The van der Waals surface area contributed by atoms with Crippen LogP contribution in [0.5, 0.6) is 11.5 Å². The van der Waals surface area contributed by atoms with Crippen LogP contribution in [-0.4, -0.2) is 31.1 Å². The number of anilines is 1. The number of para-hydroxylation sites is 1. The number of hydrogen-bond acceptors (Lipinski definition) is 3. The fourth-order valence-electron chi connectivity index (χ4n) is 1.27. The Labute approximate surface area is 93.6 Å². The minimum absolute atomic E-state index is 0.273. The molecule has 0 saturated carbocycles. The van der Waals surface area contributed by atoms with Crippen LogP contribution in [0, 0.1) is 0 Å². The summed E-state index contributed by atoms with van der Waals surface area (Å²) in [5, 5.41) is 0. The summed E-state index contributed by atoms with van der Waals surface area (Å²) in [6.45, 7) is 0. The molecule has 0 saturated heterocycles. The molecule has 0 aliphatic carbocycles. The van der Waals surface area contributed by atoms with Gasteiger partial charge in [-0.05, 0) is 12.1 Å². The number of hydrogen-bond donors (Lipinski definition) is 2. The average molecular weight is 247 g/mol. The van der Waals surface area contributed by atoms with Crippen LogP contribution in [0.4, 0.5) is 5.69 Å². The molecule has 0 fully saturated rings. The molecule has 0 aliphatic heterocycles. The van der Waals surface area contributed by atoms with Crippen molar-refractivity contribution in [3.63, 3.8) is 0 Å². The molecule has 0 aromatic heterocycles. The smallest absolute Gasteiger partial charge is 0.429 e. The highest BCUT2D eigenvalue weighted by molar-refractivity contribution is 7.53. The summed E-state index contributed by atoms with van der Waals surface area (Å²) in [5.74, 6) is 0.705. The Kier molecular flexibility index (Phi) is 3.80. The summed E-state index contributed by atoms with van der Waals surface area (Å²) in [6, 6.07) is 4.82. The van der Waals surface area contributed by atoms with Gasteiger partial charge in [-0.1, -0.05) is 6.07 Å². The molecule has 16 heavy (non-hydrogen) atoms. The van der Waals surface area contributed by atoms with E-state index in [2.05, 4.69) is 0 Å². The summed E-state index contributed by atoms with van der Waals surface area (Å²) in [7, 11) is -0.193. The number of rotatable bonds is 4. The highest BCUT2D eigenvalue weighted by Crippen LogP contribution is 2.48. The van der Waals surface area contributed by atoms with Crippen molar-refractivity contribution in [3.05, 3.63) is 18.2 Å². The first-order valence-corrected chi connectivity index (χ1v) is 5.99. The van der Waals surface area contributed by atoms with Gasteiger partial charge in [0.1, 0.15) is 0 Å². The zero-order valence-electron chi connectivity index (χ0n) is 9.25. The van der Waals surface area contributed by atoms with Gasteiger partial charge in [0.25, 0.3) is 0 Å². The van der Waals surface area contributed by atoms with Gasteiger partial charge in [-0.25, -0.2) is 4.57 Å². The molecule has 0 heterocycles. The fourth-order valence-corrected chi connectivity index (χ4v) is 1.70. The molecule has 0 aliphatic rings. The number of benzene rings is 1. The monoisotopic (exact) mass is 247 g/mol. The van der Waals surface area contributed by atoms with Gasteiger partial charge >= 0.3 is 7.75 Å². The maximum Gasteiger partial charge on any atom is 0.429 e. The summed E-state index contributed by atoms with van der Waals surface area (Å²) < 4.78 is 22.1. The van der Waals surface area contributed by atoms with Gasteiger partial charge in [-0.15, -0.1) is 0 Å². The molecule has 0 unspecified atom stereocenters. The van der Waals surface area contributed by atoms with Crippen molar-refractivity contribution < 1.29 is 23.8 Å². The summed E-state index contributed by atoms with van der Waals surface area (Å²) in [5.41, 5.74) is 0.273. The Hall–Kier alpha value is -1.23. The highest BCUT2D eigenvalue weighted by atomic mass is 31.2. The molecule has 1 aromatic carbocycles. The van der Waals surface area contributed by atoms with Crippen LogP contribution in [0.2, 0.25) is 0 Å². The number of methoxy groups -OCH3 is 2. The third kappa shape index (κ3) is 2.47. The lowest BCUT2D eigenvalue weighted by Gasteiger charge is -2.23. The maximum atomic E-state index is 11.1. The minimum Gasteiger partial charge on any atom is -0.493 e. The molecule has 0 bridgehead atoms. The lowest BCUT2D eigenvalue weighted by molar-refractivity contribution is 0.352. The van der Waals surface area contributed by atoms with Crippen molar-refractivity contribution in [2.24, 2.45) is 0 Å². The molecule has 1 aromatic rings. The molecule has 7 heteroatoms. The van der Waals surface area contributed by atoms with Crippen molar-refractivity contribution in [3.8, 4) is 11.5 Å². The Morgan fingerprint density at radius 3 is 2.31 bits per heavy atom. The van der Waals surface area contributed by atoms with Crippen LogP contribution >= 0.6 is 7.75 Å². The summed E-state index contributed by atoms with van der Waals surface area (Å²) in [4.78, 5) is 18.1. The Balaban J connectivity index is 3.28. The normalized spacial score (nSPS) is 11.1. The van der Waals surface area contributed by atoms with E-state index < -0.39 is 7.75 Å². The predicted molar refractivity (Wildman–Crippen MR) is 60.0 cm³/mol. The topological polar surface area (TPSA) is 79.2 Å². The zero-order valence-corrected chi connectivity index (χ0v) is 10.1. The van der Waals surface area contributed by atoms with Crippen LogP contribution in [0.3, 0.4) is 0 Å². The van der Waals surface area contributed by atoms with Gasteiger partial charge in [0.2, 0.25) is 0 Å². The van der Waals surface area contributed by atoms with Crippen LogP contribution in [0.15, 0.2) is 18.2 Å². The van der Waals surface area contributed by atoms with E-state index >= 15 is 0 Å². The molecule has 2 N–H and O–H groups in total. The Bertz CT molecular complexity index is 416. The number of nitrogens with zero attached hydrogens (tertiary/aromatic N) is 1. The highest BCUT2D eigenvalue weighted by Gasteiger charge is 2.25. The van der Waals surface area contributed by atoms with E-state index in [9.17, 15) is 4.57 Å². The van der Waals surface area contributed by atoms with E-state index in [4.69, 9.17) is 19.3 Å². The number of ether oxygens (including phenoxy) is 2. The SMILES string of the molecule is COc1cccc(N(C)P(=O)(O)O)c1OC. The first kappa shape index (κ1) is 12.8. The Morgan fingerprint density at radius 2 is 1.88 bits per heavy atom. The first-order chi connectivity index (χ1) is 7.41. The summed E-state index contributed by atoms with van der Waals surface area (Å²) >= 11 is 0. The van der Waals surface area contributed by atoms with Gasteiger partial charge in [0.05, 0.1) is 19.9 Å². The second kappa shape index (κ2) is 4.74. The van der Waals surface area contributed by atoms with Crippen molar-refractivity contribution >= 4 is 13.4 Å². The molecule has 90 valence electrons. The van der Waals surface area contributed by atoms with Crippen LogP contribution in [-0.2, 0) is 4.57 Å². The van der Waals surface area contributed by atoms with E-state index in [1.54, 1.807) is 18.2 Å². The lowest BCUT2D eigenvalue weighted by Crippen LogP contribution is -2.13. The fraction of sp³-hybridized carbons (Fsp3) is 0.333. The Morgan fingerprint density at radius 1 is 1.25 bits per heavy atom. The van der Waals surface area contributed by atoms with E-state index in [1.807, 2.05) is 0 Å². The quantitative estimate of drug-likeness (QED) is 0.779. The van der Waals surface area contributed by atoms with E-state index in [0.717, 1.165) is 4.67 Å². The van der Waals surface area contributed by atoms with Crippen LogP contribution in [0.1, 0.15) is 0 Å². The maximum absolute atomic E-state index is 11.1. The van der Waals surface area contributed by atoms with Crippen molar-refractivity contribution in [1.29, 1.82) is 0 Å². The lowest BCUT2D eigenvalue weighted by atomic mass is 10.2. The largest absolute Gasteiger partial charge is 0.493 e. The van der Waals surface area contributed by atoms with Gasteiger partial charge < -0.3 is 19.3 Å². The van der Waals surface area contributed by atoms with E-state index in [-0.39, 0.29) is 11.4 Å². The van der Waals surface area contributed by atoms with E-state index in [1.165, 1.54) is 21.3 Å². The first-order valence-electron chi connectivity index (χ1n) is 4.42. The van der Waals surface area contributed by atoms with Crippen molar-refractivity contribution in [1.82, 2.24) is 0 Å². The third-order valence-electron chi connectivity index (χ3n) is 2.12. The molecule has 0 spiro atoms. The van der Waals surface area contributed by atoms with Crippen molar-refractivity contribution in [2.45, 2.75) is 0 Å². The minimum atomic E-state index is -4.35. The third-order valence-corrected chi connectivity index (χ3v) is 3.12. The second-order valence-electron chi connectivity index (χ2n) is 3.05. The summed E-state index contributed by atoms with van der Waals surface area (Å²) in [6.07, 6.45) is 0. The van der Waals surface area contributed by atoms with Crippen LogP contribution < -0.4 is 14.1 Å². The predicted octanol–water partition coefficient (Wildman–Crippen LogP) is 1.23. The zero-order chi connectivity index (χ0) is 12.3. The molecular formula is C9H14NO5P. The standard InChI is InChI=1S/C9H14NO5P/c1-10(16(11,12)13)7-5-4-6-8(14-2)9(7)15-3/h4-6H,1-3H3,(H2,11,12,13). The molecular weight excluding hydrogens is 233 g/mol. The van der Waals surface area contributed by atoms with Gasteiger partial charge in [0.15, 0.2) is 11.5 Å². The molecule has 1 rings (SSSR count). The second-order valence-corrected chi connectivity index (χ2v) is 4.68. The van der Waals surface area contributed by atoms with Gasteiger partial charge in [0, 0.05) is 7.05 Å². The van der Waals surface area contributed by atoms with Crippen molar-refractivity contribution in [2.75, 3.05) is 25.9 Å². The molecule has 0 atom stereocenters. The molecule has 0 radical (unpaired) electrons. The average Bonchev–Trinajstić information content (AvgIpc) is 2.25. The van der Waals surface area contributed by atoms with Gasteiger partial charge in [-0.2, -0.15) is 0 Å². The molecule has 0 amide bonds. The van der Waals surface area contributed by atoms with E-state index in [0.29, 0.717) is 5.75 Å².